The van der Waals surface area contributed by atoms with E-state index in [0.29, 0.717) is 5.95 Å². The Morgan fingerprint density at radius 2 is 2.00 bits per heavy atom. The molecule has 1 N–H and O–H groups in total. The molecule has 0 atom stereocenters. The largest absolute Gasteiger partial charge is 0.379 e. The van der Waals surface area contributed by atoms with Gasteiger partial charge in [-0.1, -0.05) is 30.3 Å². The molecule has 1 fully saturated rings. The molecule has 1 aromatic carbocycles. The maximum atomic E-state index is 5.37. The van der Waals surface area contributed by atoms with Crippen LogP contribution in [0.3, 0.4) is 0 Å². The van der Waals surface area contributed by atoms with Gasteiger partial charge in [-0.05, 0) is 12.5 Å². The van der Waals surface area contributed by atoms with Gasteiger partial charge in [-0.25, -0.2) is 0 Å². The molecular weight excluding hydrogens is 316 g/mol. The van der Waals surface area contributed by atoms with E-state index in [1.54, 1.807) is 6.20 Å². The summed E-state index contributed by atoms with van der Waals surface area (Å²) in [5.74, 6) is 1.42. The van der Waals surface area contributed by atoms with Crippen LogP contribution in [0.4, 0.5) is 11.8 Å². The number of anilines is 2. The highest BCUT2D eigenvalue weighted by Gasteiger charge is 2.11. The third kappa shape index (κ3) is 5.37. The first-order valence-corrected chi connectivity index (χ1v) is 8.87. The van der Waals surface area contributed by atoms with Crippen LogP contribution >= 0.6 is 0 Å². The van der Waals surface area contributed by atoms with Gasteiger partial charge in [0.25, 0.3) is 0 Å². The van der Waals surface area contributed by atoms with Crippen molar-refractivity contribution in [3.63, 3.8) is 0 Å². The van der Waals surface area contributed by atoms with Crippen molar-refractivity contribution in [2.24, 2.45) is 0 Å². The van der Waals surface area contributed by atoms with Crippen LogP contribution < -0.4 is 10.2 Å². The molecule has 7 heteroatoms. The molecule has 134 valence electrons. The highest BCUT2D eigenvalue weighted by Crippen LogP contribution is 2.13. The van der Waals surface area contributed by atoms with E-state index in [-0.39, 0.29) is 0 Å². The summed E-state index contributed by atoms with van der Waals surface area (Å²) < 4.78 is 5.37. The molecule has 0 bridgehead atoms. The Labute approximate surface area is 149 Å². The van der Waals surface area contributed by atoms with Gasteiger partial charge in [0, 0.05) is 39.3 Å². The molecule has 0 unspecified atom stereocenters. The molecule has 0 spiro atoms. The van der Waals surface area contributed by atoms with E-state index < -0.39 is 0 Å². The Balaban J connectivity index is 1.55. The van der Waals surface area contributed by atoms with Crippen molar-refractivity contribution >= 4 is 11.8 Å². The van der Waals surface area contributed by atoms with Gasteiger partial charge >= 0.3 is 0 Å². The Morgan fingerprint density at radius 3 is 2.76 bits per heavy atom. The summed E-state index contributed by atoms with van der Waals surface area (Å²) in [6.07, 6.45) is 1.68. The fraction of sp³-hybridized carbons (Fsp3) is 0.500. The molecule has 2 aromatic rings. The lowest BCUT2D eigenvalue weighted by Gasteiger charge is -2.26. The van der Waals surface area contributed by atoms with E-state index in [2.05, 4.69) is 49.4 Å². The standard InChI is InChI=1S/C18H26N6O/c1-2-24(15-16-6-4-3-5-7-16)18-21-17(14-20-22-18)19-8-9-23-10-12-25-13-11-23/h3-7,14H,2,8-13,15H2,1H3,(H,19,21,22). The lowest BCUT2D eigenvalue weighted by molar-refractivity contribution is 0.0398. The van der Waals surface area contributed by atoms with Crippen LogP contribution in [-0.2, 0) is 11.3 Å². The summed E-state index contributed by atoms with van der Waals surface area (Å²) in [4.78, 5) is 9.13. The second kappa shape index (κ2) is 9.29. The van der Waals surface area contributed by atoms with Gasteiger partial charge in [0.05, 0.1) is 19.4 Å². The van der Waals surface area contributed by atoms with Crippen LogP contribution in [0.2, 0.25) is 0 Å². The molecule has 3 rings (SSSR count). The fourth-order valence-electron chi connectivity index (χ4n) is 2.81. The van der Waals surface area contributed by atoms with Crippen LogP contribution in [0.25, 0.3) is 0 Å². The minimum absolute atomic E-state index is 0.655. The number of rotatable bonds is 8. The van der Waals surface area contributed by atoms with Gasteiger partial charge in [0.2, 0.25) is 5.95 Å². The van der Waals surface area contributed by atoms with Gasteiger partial charge in [0.1, 0.15) is 0 Å². The van der Waals surface area contributed by atoms with E-state index in [9.17, 15) is 0 Å². The predicted octanol–water partition coefficient (Wildman–Crippen LogP) is 1.64. The summed E-state index contributed by atoms with van der Waals surface area (Å²) in [5.41, 5.74) is 1.23. The summed E-state index contributed by atoms with van der Waals surface area (Å²) in [5, 5.41) is 11.7. The Kier molecular flexibility index (Phi) is 6.53. The first-order chi connectivity index (χ1) is 12.3. The normalized spacial score (nSPS) is 15.1. The number of nitrogens with zero attached hydrogens (tertiary/aromatic N) is 5. The number of hydrogen-bond acceptors (Lipinski definition) is 7. The first-order valence-electron chi connectivity index (χ1n) is 8.87. The molecular formula is C18H26N6O. The molecule has 2 heterocycles. The van der Waals surface area contributed by atoms with E-state index in [4.69, 9.17) is 4.74 Å². The van der Waals surface area contributed by atoms with E-state index >= 15 is 0 Å². The maximum Gasteiger partial charge on any atom is 0.247 e. The van der Waals surface area contributed by atoms with E-state index in [1.807, 2.05) is 18.2 Å². The molecule has 0 aliphatic carbocycles. The van der Waals surface area contributed by atoms with Crippen molar-refractivity contribution in [3.05, 3.63) is 42.1 Å². The number of benzene rings is 1. The van der Waals surface area contributed by atoms with Gasteiger partial charge in [0.15, 0.2) is 5.82 Å². The van der Waals surface area contributed by atoms with Crippen molar-refractivity contribution in [2.45, 2.75) is 13.5 Å². The highest BCUT2D eigenvalue weighted by atomic mass is 16.5. The number of nitrogens with one attached hydrogen (secondary N) is 1. The van der Waals surface area contributed by atoms with E-state index in [0.717, 1.165) is 58.3 Å². The monoisotopic (exact) mass is 342 g/mol. The van der Waals surface area contributed by atoms with Crippen molar-refractivity contribution in [3.8, 4) is 0 Å². The lowest BCUT2D eigenvalue weighted by Crippen LogP contribution is -2.39. The molecule has 7 nitrogen and oxygen atoms in total. The smallest absolute Gasteiger partial charge is 0.247 e. The zero-order valence-electron chi connectivity index (χ0n) is 14.8. The van der Waals surface area contributed by atoms with Gasteiger partial charge < -0.3 is 15.0 Å². The Hall–Kier alpha value is -2.25. The minimum Gasteiger partial charge on any atom is -0.379 e. The van der Waals surface area contributed by atoms with Crippen LogP contribution in [0.15, 0.2) is 36.5 Å². The number of aromatic nitrogens is 3. The molecule has 0 radical (unpaired) electrons. The van der Waals surface area contributed by atoms with Crippen LogP contribution in [0.5, 0.6) is 0 Å². The summed E-state index contributed by atoms with van der Waals surface area (Å²) in [6.45, 7) is 9.15. The van der Waals surface area contributed by atoms with E-state index in [1.165, 1.54) is 5.56 Å². The molecule has 1 saturated heterocycles. The van der Waals surface area contributed by atoms with Crippen molar-refractivity contribution in [1.29, 1.82) is 0 Å². The lowest BCUT2D eigenvalue weighted by atomic mass is 10.2. The summed E-state index contributed by atoms with van der Waals surface area (Å²) in [7, 11) is 0. The van der Waals surface area contributed by atoms with Crippen LogP contribution in [-0.4, -0.2) is 66.0 Å². The van der Waals surface area contributed by atoms with Crippen molar-refractivity contribution in [1.82, 2.24) is 20.1 Å². The topological polar surface area (TPSA) is 66.4 Å². The Morgan fingerprint density at radius 1 is 1.20 bits per heavy atom. The van der Waals surface area contributed by atoms with Gasteiger partial charge in [-0.2, -0.15) is 10.1 Å². The fourth-order valence-corrected chi connectivity index (χ4v) is 2.81. The SMILES string of the molecule is CCN(Cc1ccccc1)c1nncc(NCCN2CCOCC2)n1. The average molecular weight is 342 g/mol. The van der Waals surface area contributed by atoms with Crippen molar-refractivity contribution < 1.29 is 4.74 Å². The quantitative estimate of drug-likeness (QED) is 0.782. The second-order valence-electron chi connectivity index (χ2n) is 6.02. The van der Waals surface area contributed by atoms with Gasteiger partial charge in [-0.3, -0.25) is 4.90 Å². The van der Waals surface area contributed by atoms with Crippen molar-refractivity contribution in [2.75, 3.05) is 56.2 Å². The number of hydrogen-bond donors (Lipinski definition) is 1. The highest BCUT2D eigenvalue weighted by molar-refractivity contribution is 5.39. The number of morpholine rings is 1. The average Bonchev–Trinajstić information content (AvgIpc) is 2.68. The third-order valence-corrected chi connectivity index (χ3v) is 4.27. The molecule has 0 saturated carbocycles. The zero-order chi connectivity index (χ0) is 17.3. The summed E-state index contributed by atoms with van der Waals surface area (Å²) >= 11 is 0. The molecule has 1 aromatic heterocycles. The Bertz CT molecular complexity index is 632. The van der Waals surface area contributed by atoms with Gasteiger partial charge in [-0.15, -0.1) is 5.10 Å². The molecule has 1 aliphatic heterocycles. The molecule has 0 amide bonds. The maximum absolute atomic E-state index is 5.37. The minimum atomic E-state index is 0.655. The summed E-state index contributed by atoms with van der Waals surface area (Å²) in [6, 6.07) is 10.3. The molecule has 1 aliphatic rings. The van der Waals surface area contributed by atoms with Crippen LogP contribution in [0, 0.1) is 0 Å². The number of ether oxygens (including phenoxy) is 1. The third-order valence-electron chi connectivity index (χ3n) is 4.27. The first kappa shape index (κ1) is 17.6. The predicted molar refractivity (Wildman–Crippen MR) is 98.7 cm³/mol. The molecule has 25 heavy (non-hydrogen) atoms. The second-order valence-corrected chi connectivity index (χ2v) is 6.02. The van der Waals surface area contributed by atoms with Crippen LogP contribution in [0.1, 0.15) is 12.5 Å². The zero-order valence-corrected chi connectivity index (χ0v) is 14.8.